The van der Waals surface area contributed by atoms with Crippen LogP contribution in [0.5, 0.6) is 0 Å². The van der Waals surface area contributed by atoms with Crippen LogP contribution >= 0.6 is 0 Å². The van der Waals surface area contributed by atoms with Gasteiger partial charge in [-0.25, -0.2) is 0 Å². The lowest BCUT2D eigenvalue weighted by atomic mass is 10.2. The second-order valence-corrected chi connectivity index (χ2v) is 2.15. The zero-order chi connectivity index (χ0) is 11.1. The maximum Gasteiger partial charge on any atom is 0.0292 e. The standard InChI is InChI=1S/C7H11N.C3H8.C2H6/c1-4-7(5-2)6-8-3;1-3-2;1-2/h4,6H,1,3,5H2,2H3;3H2,1-2H3;1-2H3/b7-6+;;. The summed E-state index contributed by atoms with van der Waals surface area (Å²) in [5.74, 6) is 0. The van der Waals surface area contributed by atoms with E-state index in [0.717, 1.165) is 12.0 Å². The van der Waals surface area contributed by atoms with Gasteiger partial charge in [0.25, 0.3) is 0 Å². The Labute approximate surface area is 84.3 Å². The first-order valence-corrected chi connectivity index (χ1v) is 5.03. The van der Waals surface area contributed by atoms with E-state index in [4.69, 9.17) is 0 Å². The van der Waals surface area contributed by atoms with E-state index in [1.165, 1.54) is 6.42 Å². The molecule has 0 fully saturated rings. The Hall–Kier alpha value is -0.850. The molecule has 0 bridgehead atoms. The Morgan fingerprint density at radius 2 is 1.62 bits per heavy atom. The Kier molecular flexibility index (Phi) is 31.2. The van der Waals surface area contributed by atoms with Crippen molar-refractivity contribution in [2.75, 3.05) is 0 Å². The molecular formula is C12H25N. The fourth-order valence-electron chi connectivity index (χ4n) is 0.406. The van der Waals surface area contributed by atoms with Gasteiger partial charge in [0.2, 0.25) is 0 Å². The maximum absolute atomic E-state index is 3.59. The second kappa shape index (κ2) is 22.5. The number of nitrogens with zero attached hydrogens (tertiary/aromatic N) is 1. The van der Waals surface area contributed by atoms with Crippen LogP contribution in [0.4, 0.5) is 0 Å². The van der Waals surface area contributed by atoms with Gasteiger partial charge >= 0.3 is 0 Å². The largest absolute Gasteiger partial charge is 0.272 e. The second-order valence-electron chi connectivity index (χ2n) is 2.15. The van der Waals surface area contributed by atoms with Gasteiger partial charge in [-0.15, -0.1) is 0 Å². The molecule has 0 atom stereocenters. The first-order valence-electron chi connectivity index (χ1n) is 5.03. The van der Waals surface area contributed by atoms with Crippen LogP contribution < -0.4 is 0 Å². The maximum atomic E-state index is 3.59. The molecule has 0 aliphatic carbocycles. The highest BCUT2D eigenvalue weighted by Gasteiger charge is 1.80. The van der Waals surface area contributed by atoms with Crippen molar-refractivity contribution in [1.29, 1.82) is 0 Å². The Balaban J connectivity index is -0.000000169. The van der Waals surface area contributed by atoms with Gasteiger partial charge in [0.15, 0.2) is 0 Å². The van der Waals surface area contributed by atoms with E-state index < -0.39 is 0 Å². The van der Waals surface area contributed by atoms with E-state index in [9.17, 15) is 0 Å². The van der Waals surface area contributed by atoms with Gasteiger partial charge in [0.05, 0.1) is 0 Å². The fourth-order valence-corrected chi connectivity index (χ4v) is 0.406. The quantitative estimate of drug-likeness (QED) is 0.447. The van der Waals surface area contributed by atoms with E-state index in [0.29, 0.717) is 0 Å². The molecule has 0 aliphatic heterocycles. The van der Waals surface area contributed by atoms with Crippen molar-refractivity contribution >= 4 is 6.72 Å². The van der Waals surface area contributed by atoms with E-state index in [2.05, 4.69) is 39.1 Å². The van der Waals surface area contributed by atoms with Crippen LogP contribution in [0.3, 0.4) is 0 Å². The lowest BCUT2D eigenvalue weighted by molar-refractivity contribution is 1.09. The third-order valence-electron chi connectivity index (χ3n) is 0.928. The number of allylic oxidation sites excluding steroid dienone is 2. The van der Waals surface area contributed by atoms with Crippen molar-refractivity contribution in [3.8, 4) is 0 Å². The summed E-state index contributed by atoms with van der Waals surface area (Å²) >= 11 is 0. The Morgan fingerprint density at radius 1 is 1.23 bits per heavy atom. The Bertz CT molecular complexity index is 123. The highest BCUT2D eigenvalue weighted by Crippen LogP contribution is 1.99. The molecule has 0 saturated heterocycles. The van der Waals surface area contributed by atoms with Crippen LogP contribution in [0.1, 0.15) is 47.5 Å². The van der Waals surface area contributed by atoms with Crippen LogP contribution in [-0.4, -0.2) is 6.72 Å². The monoisotopic (exact) mass is 183 g/mol. The van der Waals surface area contributed by atoms with Crippen molar-refractivity contribution < 1.29 is 0 Å². The lowest BCUT2D eigenvalue weighted by Crippen LogP contribution is -1.68. The summed E-state index contributed by atoms with van der Waals surface area (Å²) in [7, 11) is 0. The van der Waals surface area contributed by atoms with Crippen LogP contribution in [0.25, 0.3) is 0 Å². The first-order chi connectivity index (χ1) is 6.26. The molecule has 0 aliphatic rings. The molecule has 0 unspecified atom stereocenters. The highest BCUT2D eigenvalue weighted by molar-refractivity contribution is 5.28. The lowest BCUT2D eigenvalue weighted by Gasteiger charge is -1.88. The topological polar surface area (TPSA) is 12.4 Å². The van der Waals surface area contributed by atoms with E-state index in [1.54, 1.807) is 12.3 Å². The van der Waals surface area contributed by atoms with Gasteiger partial charge in [-0.05, 0) is 18.7 Å². The number of rotatable bonds is 3. The molecule has 0 amide bonds. The third-order valence-corrected chi connectivity index (χ3v) is 0.928. The summed E-state index contributed by atoms with van der Waals surface area (Å²) in [6.07, 6.45) is 5.73. The number of aliphatic imine (C=N–C) groups is 1. The molecule has 0 aromatic heterocycles. The van der Waals surface area contributed by atoms with Crippen LogP contribution in [-0.2, 0) is 0 Å². The molecule has 0 radical (unpaired) electrons. The minimum absolute atomic E-state index is 0.975. The summed E-state index contributed by atoms with van der Waals surface area (Å²) in [4.78, 5) is 3.59. The molecule has 0 rings (SSSR count). The summed E-state index contributed by atoms with van der Waals surface area (Å²) < 4.78 is 0. The average molecular weight is 183 g/mol. The molecule has 0 spiro atoms. The molecule has 0 aromatic rings. The minimum atomic E-state index is 0.975. The molecule has 0 N–H and O–H groups in total. The van der Waals surface area contributed by atoms with Crippen LogP contribution in [0.2, 0.25) is 0 Å². The summed E-state index contributed by atoms with van der Waals surface area (Å²) in [5, 5.41) is 0. The van der Waals surface area contributed by atoms with Crippen LogP contribution in [0, 0.1) is 0 Å². The molecule has 1 heteroatoms. The first kappa shape index (κ1) is 18.0. The smallest absolute Gasteiger partial charge is 0.0292 e. The third kappa shape index (κ3) is 24.7. The van der Waals surface area contributed by atoms with Gasteiger partial charge in [-0.1, -0.05) is 53.7 Å². The summed E-state index contributed by atoms with van der Waals surface area (Å²) in [6, 6.07) is 0. The summed E-state index contributed by atoms with van der Waals surface area (Å²) in [6.45, 7) is 17.2. The fraction of sp³-hybridized carbons (Fsp3) is 0.583. The molecule has 78 valence electrons. The minimum Gasteiger partial charge on any atom is -0.272 e. The molecular weight excluding hydrogens is 158 g/mol. The predicted molar refractivity (Wildman–Crippen MR) is 65.4 cm³/mol. The number of hydrogen-bond acceptors (Lipinski definition) is 1. The summed E-state index contributed by atoms with van der Waals surface area (Å²) in [5.41, 5.74) is 1.13. The van der Waals surface area contributed by atoms with Gasteiger partial charge in [0.1, 0.15) is 0 Å². The van der Waals surface area contributed by atoms with E-state index >= 15 is 0 Å². The van der Waals surface area contributed by atoms with Gasteiger partial charge in [-0.3, -0.25) is 4.99 Å². The molecule has 0 aromatic carbocycles. The Morgan fingerprint density at radius 3 is 1.69 bits per heavy atom. The average Bonchev–Trinajstić information content (AvgIpc) is 2.18. The SMILES string of the molecule is C=C/C(=C\N=C)CC.CC.CCC. The van der Waals surface area contributed by atoms with Gasteiger partial charge in [0, 0.05) is 6.20 Å². The normalized spacial score (nSPS) is 8.54. The predicted octanol–water partition coefficient (Wildman–Crippen LogP) is 4.61. The molecule has 0 heterocycles. The highest BCUT2D eigenvalue weighted by atomic mass is 14.6. The zero-order valence-electron chi connectivity index (χ0n) is 9.93. The van der Waals surface area contributed by atoms with Crippen molar-refractivity contribution in [3.63, 3.8) is 0 Å². The molecule has 13 heavy (non-hydrogen) atoms. The van der Waals surface area contributed by atoms with Crippen molar-refractivity contribution in [2.24, 2.45) is 4.99 Å². The van der Waals surface area contributed by atoms with Crippen molar-refractivity contribution in [3.05, 3.63) is 24.4 Å². The van der Waals surface area contributed by atoms with E-state index in [-0.39, 0.29) is 0 Å². The van der Waals surface area contributed by atoms with E-state index in [1.807, 2.05) is 13.8 Å². The zero-order valence-corrected chi connectivity index (χ0v) is 9.93. The van der Waals surface area contributed by atoms with Crippen LogP contribution in [0.15, 0.2) is 29.4 Å². The molecule has 1 nitrogen and oxygen atoms in total. The van der Waals surface area contributed by atoms with Gasteiger partial charge in [-0.2, -0.15) is 0 Å². The number of hydrogen-bond donors (Lipinski definition) is 0. The van der Waals surface area contributed by atoms with Crippen molar-refractivity contribution in [2.45, 2.75) is 47.5 Å². The van der Waals surface area contributed by atoms with Crippen molar-refractivity contribution in [1.82, 2.24) is 0 Å². The molecule has 0 saturated carbocycles. The van der Waals surface area contributed by atoms with Gasteiger partial charge < -0.3 is 0 Å².